The monoisotopic (exact) mass is 473 g/mol. The average Bonchev–Trinajstić information content (AvgIpc) is 3.21. The molecule has 0 radical (unpaired) electrons. The molecule has 1 N–H and O–H groups in total. The number of hydrogen-bond acceptors (Lipinski definition) is 5. The zero-order valence-electron chi connectivity index (χ0n) is 16.0. The lowest BCUT2D eigenvalue weighted by atomic mass is 10.2. The van der Waals surface area contributed by atoms with Gasteiger partial charge >= 0.3 is 0 Å². The van der Waals surface area contributed by atoms with Crippen molar-refractivity contribution in [2.75, 3.05) is 58.3 Å². The van der Waals surface area contributed by atoms with Gasteiger partial charge in [-0.15, -0.1) is 24.0 Å². The van der Waals surface area contributed by atoms with Gasteiger partial charge in [0, 0.05) is 64.8 Å². The van der Waals surface area contributed by atoms with Crippen molar-refractivity contribution in [3.05, 3.63) is 18.5 Å². The highest BCUT2D eigenvalue weighted by Crippen LogP contribution is 2.21. The summed E-state index contributed by atoms with van der Waals surface area (Å²) < 4.78 is 0. The summed E-state index contributed by atoms with van der Waals surface area (Å²) in [7, 11) is 4.12. The number of rotatable bonds is 5. The van der Waals surface area contributed by atoms with Gasteiger partial charge in [-0.2, -0.15) is 0 Å². The van der Waals surface area contributed by atoms with Crippen LogP contribution >= 0.6 is 24.0 Å². The van der Waals surface area contributed by atoms with Gasteiger partial charge in [-0.05, 0) is 26.0 Å². The zero-order chi connectivity index (χ0) is 17.5. The van der Waals surface area contributed by atoms with E-state index in [9.17, 15) is 0 Å². The molecular formula is C18H32IN7. The molecule has 7 nitrogen and oxygen atoms in total. The molecule has 3 rings (SSSR count). The quantitative estimate of drug-likeness (QED) is 0.399. The maximum Gasteiger partial charge on any atom is 0.225 e. The van der Waals surface area contributed by atoms with Gasteiger partial charge in [0.2, 0.25) is 5.95 Å². The summed E-state index contributed by atoms with van der Waals surface area (Å²) in [5.74, 6) is 1.83. The fourth-order valence-corrected chi connectivity index (χ4v) is 3.78. The first-order chi connectivity index (χ1) is 12.3. The number of halogens is 1. The Labute approximate surface area is 174 Å². The second-order valence-electron chi connectivity index (χ2n) is 6.92. The van der Waals surface area contributed by atoms with E-state index >= 15 is 0 Å². The maximum absolute atomic E-state index is 4.47. The number of aromatic nitrogens is 2. The van der Waals surface area contributed by atoms with Crippen LogP contribution in [0.15, 0.2) is 23.5 Å². The Kier molecular flexibility index (Phi) is 8.83. The van der Waals surface area contributed by atoms with Gasteiger partial charge in [-0.1, -0.05) is 12.8 Å². The van der Waals surface area contributed by atoms with Gasteiger partial charge in [0.15, 0.2) is 5.96 Å². The maximum atomic E-state index is 4.47. The number of anilines is 1. The highest BCUT2D eigenvalue weighted by Gasteiger charge is 2.22. The summed E-state index contributed by atoms with van der Waals surface area (Å²) in [5.41, 5.74) is 0. The lowest BCUT2D eigenvalue weighted by Gasteiger charge is -2.36. The second-order valence-corrected chi connectivity index (χ2v) is 6.92. The number of nitrogens with zero attached hydrogens (tertiary/aromatic N) is 6. The highest BCUT2D eigenvalue weighted by atomic mass is 127. The third-order valence-electron chi connectivity index (χ3n) is 5.32. The van der Waals surface area contributed by atoms with Crippen LogP contribution in [0.5, 0.6) is 0 Å². The first-order valence-electron chi connectivity index (χ1n) is 9.45. The molecule has 1 aromatic heterocycles. The second kappa shape index (κ2) is 10.9. The molecule has 2 heterocycles. The molecular weight excluding hydrogens is 441 g/mol. The average molecular weight is 473 g/mol. The van der Waals surface area contributed by atoms with Crippen LogP contribution in [0.1, 0.15) is 25.7 Å². The summed E-state index contributed by atoms with van der Waals surface area (Å²) in [5, 5.41) is 3.53. The number of likely N-dealkylation sites (N-methyl/N-ethyl adjacent to an activating group) is 1. The van der Waals surface area contributed by atoms with Crippen molar-refractivity contribution in [1.29, 1.82) is 0 Å². The van der Waals surface area contributed by atoms with Crippen LogP contribution in [-0.4, -0.2) is 85.1 Å². The van der Waals surface area contributed by atoms with Crippen LogP contribution < -0.4 is 10.2 Å². The van der Waals surface area contributed by atoms with E-state index in [0.29, 0.717) is 0 Å². The number of nitrogens with one attached hydrogen (secondary N) is 1. The Morgan fingerprint density at radius 2 is 1.85 bits per heavy atom. The van der Waals surface area contributed by atoms with E-state index in [1.807, 2.05) is 13.1 Å². The molecule has 0 atom stereocenters. The van der Waals surface area contributed by atoms with E-state index in [1.54, 1.807) is 12.4 Å². The molecule has 0 spiro atoms. The SMILES string of the molecule is CN=C(NCCN(C)C1CCCC1)N1CCN(c2ncccn2)CC1.I. The third kappa shape index (κ3) is 5.67. The summed E-state index contributed by atoms with van der Waals surface area (Å²) in [6.07, 6.45) is 9.09. The van der Waals surface area contributed by atoms with Gasteiger partial charge in [-0.3, -0.25) is 4.99 Å². The molecule has 1 aliphatic carbocycles. The van der Waals surface area contributed by atoms with Gasteiger partial charge in [-0.25, -0.2) is 9.97 Å². The molecule has 146 valence electrons. The van der Waals surface area contributed by atoms with E-state index in [4.69, 9.17) is 0 Å². The molecule has 0 amide bonds. The first-order valence-corrected chi connectivity index (χ1v) is 9.45. The van der Waals surface area contributed by atoms with Crippen molar-refractivity contribution < 1.29 is 0 Å². The van der Waals surface area contributed by atoms with Crippen LogP contribution in [0.25, 0.3) is 0 Å². The summed E-state index contributed by atoms with van der Waals surface area (Å²) in [6, 6.07) is 2.63. The van der Waals surface area contributed by atoms with Crippen molar-refractivity contribution in [1.82, 2.24) is 25.1 Å². The zero-order valence-corrected chi connectivity index (χ0v) is 18.3. The topological polar surface area (TPSA) is 59.9 Å². The van der Waals surface area contributed by atoms with Crippen LogP contribution in [0.4, 0.5) is 5.95 Å². The fraction of sp³-hybridized carbons (Fsp3) is 0.722. The Morgan fingerprint density at radius 1 is 1.19 bits per heavy atom. The van der Waals surface area contributed by atoms with E-state index in [-0.39, 0.29) is 24.0 Å². The number of piperazine rings is 1. The van der Waals surface area contributed by atoms with Crippen LogP contribution in [0.3, 0.4) is 0 Å². The largest absolute Gasteiger partial charge is 0.355 e. The Morgan fingerprint density at radius 3 is 2.46 bits per heavy atom. The predicted molar refractivity (Wildman–Crippen MR) is 117 cm³/mol. The molecule has 8 heteroatoms. The van der Waals surface area contributed by atoms with E-state index < -0.39 is 0 Å². The number of guanidine groups is 1. The molecule has 1 aliphatic heterocycles. The molecule has 26 heavy (non-hydrogen) atoms. The van der Waals surface area contributed by atoms with Crippen molar-refractivity contribution in [2.45, 2.75) is 31.7 Å². The molecule has 1 saturated heterocycles. The van der Waals surface area contributed by atoms with E-state index in [0.717, 1.165) is 57.2 Å². The predicted octanol–water partition coefficient (Wildman–Crippen LogP) is 1.67. The smallest absolute Gasteiger partial charge is 0.225 e. The first kappa shape index (κ1) is 21.1. The third-order valence-corrected chi connectivity index (χ3v) is 5.32. The standard InChI is InChI=1S/C18H31N7.HI/c1-19-17(22-10-11-23(2)16-6-3-4-7-16)24-12-14-25(15-13-24)18-20-8-5-9-21-18;/h5,8-9,16H,3-4,6-7,10-15H2,1-2H3,(H,19,22);1H. The molecule has 0 unspecified atom stereocenters. The number of hydrogen-bond donors (Lipinski definition) is 1. The van der Waals surface area contributed by atoms with E-state index in [2.05, 4.69) is 42.0 Å². The van der Waals surface area contributed by atoms with E-state index in [1.165, 1.54) is 25.7 Å². The Balaban J connectivity index is 0.00000243. The molecule has 0 bridgehead atoms. The van der Waals surface area contributed by atoms with Gasteiger partial charge < -0.3 is 20.0 Å². The summed E-state index contributed by atoms with van der Waals surface area (Å²) >= 11 is 0. The Bertz CT molecular complexity index is 540. The molecule has 1 aromatic rings. The van der Waals surface area contributed by atoms with Crippen molar-refractivity contribution in [2.24, 2.45) is 4.99 Å². The van der Waals surface area contributed by atoms with Gasteiger partial charge in [0.1, 0.15) is 0 Å². The molecule has 2 aliphatic rings. The van der Waals surface area contributed by atoms with Crippen molar-refractivity contribution in [3.63, 3.8) is 0 Å². The molecule has 1 saturated carbocycles. The minimum absolute atomic E-state index is 0. The van der Waals surface area contributed by atoms with Crippen LogP contribution in [0.2, 0.25) is 0 Å². The van der Waals surface area contributed by atoms with Gasteiger partial charge in [0.05, 0.1) is 0 Å². The Hall–Kier alpha value is -1.16. The highest BCUT2D eigenvalue weighted by molar-refractivity contribution is 14.0. The lowest BCUT2D eigenvalue weighted by molar-refractivity contribution is 0.248. The summed E-state index contributed by atoms with van der Waals surface area (Å²) in [4.78, 5) is 20.2. The minimum atomic E-state index is 0. The lowest BCUT2D eigenvalue weighted by Crippen LogP contribution is -2.53. The van der Waals surface area contributed by atoms with Crippen molar-refractivity contribution >= 4 is 35.9 Å². The normalized spacial score (nSPS) is 19.0. The molecule has 2 fully saturated rings. The summed E-state index contributed by atoms with van der Waals surface area (Å²) in [6.45, 7) is 5.75. The van der Waals surface area contributed by atoms with Crippen LogP contribution in [-0.2, 0) is 0 Å². The van der Waals surface area contributed by atoms with Gasteiger partial charge in [0.25, 0.3) is 0 Å². The fourth-order valence-electron chi connectivity index (χ4n) is 3.78. The molecule has 0 aromatic carbocycles. The van der Waals surface area contributed by atoms with Crippen LogP contribution in [0, 0.1) is 0 Å². The minimum Gasteiger partial charge on any atom is -0.355 e. The van der Waals surface area contributed by atoms with Crippen molar-refractivity contribution in [3.8, 4) is 0 Å². The number of aliphatic imine (C=N–C) groups is 1.